The van der Waals surface area contributed by atoms with E-state index in [1.165, 1.54) is 5.56 Å². The van der Waals surface area contributed by atoms with Gasteiger partial charge in [-0.3, -0.25) is 4.79 Å². The molecule has 1 aromatic rings. The van der Waals surface area contributed by atoms with Crippen molar-refractivity contribution < 1.29 is 9.90 Å². The largest absolute Gasteiger partial charge is 0.393 e. The van der Waals surface area contributed by atoms with E-state index in [2.05, 4.69) is 28.1 Å². The Morgan fingerprint density at radius 1 is 1.21 bits per heavy atom. The fourth-order valence-electron chi connectivity index (χ4n) is 2.87. The highest BCUT2D eigenvalue weighted by Gasteiger charge is 2.45. The van der Waals surface area contributed by atoms with Crippen LogP contribution in [0.5, 0.6) is 0 Å². The second-order valence-corrected chi connectivity index (χ2v) is 6.47. The number of halogens is 1. The van der Waals surface area contributed by atoms with Gasteiger partial charge in [0.05, 0.1) is 6.10 Å². The fourth-order valence-corrected chi connectivity index (χ4v) is 3.13. The van der Waals surface area contributed by atoms with Crippen molar-refractivity contribution in [2.24, 2.45) is 5.92 Å². The van der Waals surface area contributed by atoms with E-state index in [-0.39, 0.29) is 17.9 Å². The number of amides is 1. The zero-order valence-corrected chi connectivity index (χ0v) is 12.3. The molecule has 1 saturated carbocycles. The number of hydrogen-bond donors (Lipinski definition) is 1. The Morgan fingerprint density at radius 2 is 1.84 bits per heavy atom. The molecule has 1 heterocycles. The van der Waals surface area contributed by atoms with Gasteiger partial charge in [-0.05, 0) is 42.9 Å². The Bertz CT molecular complexity index is 466. The van der Waals surface area contributed by atoms with Crippen LogP contribution in [0.2, 0.25) is 0 Å². The van der Waals surface area contributed by atoms with Crippen molar-refractivity contribution in [1.82, 2.24) is 4.90 Å². The van der Waals surface area contributed by atoms with Gasteiger partial charge in [0.25, 0.3) is 0 Å². The van der Waals surface area contributed by atoms with Crippen molar-refractivity contribution in [1.29, 1.82) is 0 Å². The molecule has 1 aliphatic carbocycles. The molecule has 0 spiro atoms. The molecule has 19 heavy (non-hydrogen) atoms. The highest BCUT2D eigenvalue weighted by molar-refractivity contribution is 9.10. The third-order valence-corrected chi connectivity index (χ3v) is 4.71. The monoisotopic (exact) mass is 323 g/mol. The highest BCUT2D eigenvalue weighted by atomic mass is 79.9. The van der Waals surface area contributed by atoms with Crippen molar-refractivity contribution >= 4 is 21.8 Å². The first-order chi connectivity index (χ1) is 9.15. The third kappa shape index (κ3) is 2.84. The van der Waals surface area contributed by atoms with Crippen LogP contribution in [0.3, 0.4) is 0 Å². The predicted octanol–water partition coefficient (Wildman–Crippen LogP) is 2.54. The summed E-state index contributed by atoms with van der Waals surface area (Å²) in [6.07, 6.45) is 2.20. The molecule has 2 fully saturated rings. The van der Waals surface area contributed by atoms with Gasteiger partial charge in [0, 0.05) is 23.5 Å². The Labute approximate surface area is 121 Å². The SMILES string of the molecule is O=C([C@@H]1C[C@@H]1c1ccc(Br)cc1)N1CCC(O)CC1. The summed E-state index contributed by atoms with van der Waals surface area (Å²) in [6, 6.07) is 8.27. The molecule has 1 amide bonds. The lowest BCUT2D eigenvalue weighted by molar-refractivity contribution is -0.134. The molecule has 2 atom stereocenters. The van der Waals surface area contributed by atoms with E-state index >= 15 is 0 Å². The topological polar surface area (TPSA) is 40.5 Å². The summed E-state index contributed by atoms with van der Waals surface area (Å²) >= 11 is 3.43. The Balaban J connectivity index is 1.60. The summed E-state index contributed by atoms with van der Waals surface area (Å²) < 4.78 is 1.07. The quantitative estimate of drug-likeness (QED) is 0.908. The normalized spacial score (nSPS) is 27.4. The van der Waals surface area contributed by atoms with Crippen LogP contribution in [0.4, 0.5) is 0 Å². The van der Waals surface area contributed by atoms with E-state index < -0.39 is 0 Å². The number of carbonyl (C=O) groups excluding carboxylic acids is 1. The minimum Gasteiger partial charge on any atom is -0.393 e. The maximum Gasteiger partial charge on any atom is 0.226 e. The van der Waals surface area contributed by atoms with Gasteiger partial charge in [-0.15, -0.1) is 0 Å². The summed E-state index contributed by atoms with van der Waals surface area (Å²) in [6.45, 7) is 1.42. The smallest absolute Gasteiger partial charge is 0.226 e. The van der Waals surface area contributed by atoms with Crippen LogP contribution in [0.15, 0.2) is 28.7 Å². The maximum absolute atomic E-state index is 12.4. The van der Waals surface area contributed by atoms with Gasteiger partial charge in [-0.1, -0.05) is 28.1 Å². The second-order valence-electron chi connectivity index (χ2n) is 5.56. The minimum atomic E-state index is -0.217. The Kier molecular flexibility index (Phi) is 3.63. The first-order valence-corrected chi connectivity index (χ1v) is 7.67. The standard InChI is InChI=1S/C15H18BrNO2/c16-11-3-1-10(2-4-11)13-9-14(13)15(19)17-7-5-12(18)6-8-17/h1-4,12-14,18H,5-9H2/t13-,14-/m1/s1. The molecule has 0 aromatic heterocycles. The summed E-state index contributed by atoms with van der Waals surface area (Å²) in [5, 5.41) is 9.48. The molecule has 1 saturated heterocycles. The number of aliphatic hydroxyl groups is 1. The molecule has 1 aromatic carbocycles. The van der Waals surface area contributed by atoms with Crippen LogP contribution in [0, 0.1) is 5.92 Å². The van der Waals surface area contributed by atoms with Gasteiger partial charge < -0.3 is 10.0 Å². The molecule has 1 N–H and O–H groups in total. The van der Waals surface area contributed by atoms with E-state index in [4.69, 9.17) is 0 Å². The predicted molar refractivity (Wildman–Crippen MR) is 76.8 cm³/mol. The summed E-state index contributed by atoms with van der Waals surface area (Å²) in [4.78, 5) is 14.3. The lowest BCUT2D eigenvalue weighted by Gasteiger charge is -2.29. The van der Waals surface area contributed by atoms with E-state index in [0.717, 1.165) is 23.7 Å². The van der Waals surface area contributed by atoms with Gasteiger partial charge >= 0.3 is 0 Å². The minimum absolute atomic E-state index is 0.163. The van der Waals surface area contributed by atoms with Gasteiger partial charge in [0.15, 0.2) is 0 Å². The van der Waals surface area contributed by atoms with Gasteiger partial charge in [0.1, 0.15) is 0 Å². The third-order valence-electron chi connectivity index (χ3n) is 4.18. The molecule has 2 aliphatic rings. The van der Waals surface area contributed by atoms with E-state index in [9.17, 15) is 9.90 Å². The average Bonchev–Trinajstić information content (AvgIpc) is 3.20. The lowest BCUT2D eigenvalue weighted by Crippen LogP contribution is -2.41. The van der Waals surface area contributed by atoms with Gasteiger partial charge in [0.2, 0.25) is 5.91 Å². The molecule has 3 nitrogen and oxygen atoms in total. The molecule has 3 rings (SSSR count). The number of hydrogen-bond acceptors (Lipinski definition) is 2. The highest BCUT2D eigenvalue weighted by Crippen LogP contribution is 2.48. The van der Waals surface area contributed by atoms with Crippen molar-refractivity contribution in [3.63, 3.8) is 0 Å². The van der Waals surface area contributed by atoms with Crippen LogP contribution in [-0.4, -0.2) is 35.1 Å². The first-order valence-electron chi connectivity index (χ1n) is 6.87. The Hall–Kier alpha value is -0.870. The Morgan fingerprint density at radius 3 is 2.47 bits per heavy atom. The summed E-state index contributed by atoms with van der Waals surface area (Å²) in [5.41, 5.74) is 1.26. The lowest BCUT2D eigenvalue weighted by atomic mass is 10.1. The molecule has 1 aliphatic heterocycles. The molecule has 0 radical (unpaired) electrons. The molecule has 102 valence electrons. The molecular formula is C15H18BrNO2. The van der Waals surface area contributed by atoms with E-state index in [1.54, 1.807) is 0 Å². The van der Waals surface area contributed by atoms with Crippen LogP contribution in [0.1, 0.15) is 30.7 Å². The van der Waals surface area contributed by atoms with Gasteiger partial charge in [-0.2, -0.15) is 0 Å². The zero-order valence-electron chi connectivity index (χ0n) is 10.8. The average molecular weight is 324 g/mol. The number of carbonyl (C=O) groups is 1. The van der Waals surface area contributed by atoms with Crippen LogP contribution in [0.25, 0.3) is 0 Å². The number of piperidine rings is 1. The van der Waals surface area contributed by atoms with Crippen molar-refractivity contribution in [3.05, 3.63) is 34.3 Å². The molecular weight excluding hydrogens is 306 g/mol. The number of nitrogens with zero attached hydrogens (tertiary/aromatic N) is 1. The fraction of sp³-hybridized carbons (Fsp3) is 0.533. The number of rotatable bonds is 2. The van der Waals surface area contributed by atoms with Crippen LogP contribution >= 0.6 is 15.9 Å². The van der Waals surface area contributed by atoms with Crippen molar-refractivity contribution in [2.75, 3.05) is 13.1 Å². The van der Waals surface area contributed by atoms with E-state index in [1.807, 2.05) is 17.0 Å². The first kappa shape index (κ1) is 13.1. The van der Waals surface area contributed by atoms with E-state index in [0.29, 0.717) is 19.0 Å². The zero-order chi connectivity index (χ0) is 13.4. The number of likely N-dealkylation sites (tertiary alicyclic amines) is 1. The van der Waals surface area contributed by atoms with Crippen molar-refractivity contribution in [2.45, 2.75) is 31.3 Å². The summed E-state index contributed by atoms with van der Waals surface area (Å²) in [5.74, 6) is 0.837. The van der Waals surface area contributed by atoms with Crippen LogP contribution in [-0.2, 0) is 4.79 Å². The molecule has 4 heteroatoms. The number of benzene rings is 1. The maximum atomic E-state index is 12.4. The molecule has 0 bridgehead atoms. The second kappa shape index (κ2) is 5.25. The molecule has 0 unspecified atom stereocenters. The number of aliphatic hydroxyl groups excluding tert-OH is 1. The van der Waals surface area contributed by atoms with Gasteiger partial charge in [-0.25, -0.2) is 0 Å². The summed E-state index contributed by atoms with van der Waals surface area (Å²) in [7, 11) is 0. The van der Waals surface area contributed by atoms with Crippen molar-refractivity contribution in [3.8, 4) is 0 Å². The van der Waals surface area contributed by atoms with Crippen LogP contribution < -0.4 is 0 Å².